The van der Waals surface area contributed by atoms with Gasteiger partial charge < -0.3 is 9.64 Å². The van der Waals surface area contributed by atoms with Crippen LogP contribution in [0.25, 0.3) is 0 Å². The third kappa shape index (κ3) is 2.66. The zero-order valence-electron chi connectivity index (χ0n) is 10.2. The number of amides is 1. The van der Waals surface area contributed by atoms with Crippen LogP contribution < -0.4 is 0 Å². The Kier molecular flexibility index (Phi) is 3.91. The fraction of sp³-hybridized carbons (Fsp3) is 0.636. The van der Waals surface area contributed by atoms with Gasteiger partial charge in [-0.1, -0.05) is 5.16 Å². The molecule has 18 heavy (non-hydrogen) atoms. The number of aromatic nitrogens is 2. The number of carbonyl (C=O) groups is 2. The van der Waals surface area contributed by atoms with E-state index in [1.807, 2.05) is 0 Å². The zero-order chi connectivity index (χ0) is 13.0. The first-order chi connectivity index (χ1) is 8.72. The molecular weight excluding hydrogens is 238 g/mol. The van der Waals surface area contributed by atoms with Gasteiger partial charge in [0.25, 0.3) is 5.91 Å². The number of carbonyl (C=O) groups excluding carboxylic acids is 2. The molecule has 0 bridgehead atoms. The summed E-state index contributed by atoms with van der Waals surface area (Å²) in [6.07, 6.45) is 2.80. The summed E-state index contributed by atoms with van der Waals surface area (Å²) >= 11 is 0. The normalized spacial score (nSPS) is 19.6. The van der Waals surface area contributed by atoms with E-state index in [9.17, 15) is 9.59 Å². The Morgan fingerprint density at radius 2 is 2.44 bits per heavy atom. The molecule has 1 aromatic heterocycles. The van der Waals surface area contributed by atoms with Crippen molar-refractivity contribution < 1.29 is 19.0 Å². The molecule has 0 N–H and O–H groups in total. The predicted molar refractivity (Wildman–Crippen MR) is 59.6 cm³/mol. The van der Waals surface area contributed by atoms with Crippen LogP contribution in [0.5, 0.6) is 0 Å². The molecule has 0 spiro atoms. The van der Waals surface area contributed by atoms with Crippen LogP contribution in [0.2, 0.25) is 0 Å². The van der Waals surface area contributed by atoms with Crippen LogP contribution >= 0.6 is 0 Å². The molecule has 0 aromatic carbocycles. The molecule has 1 unspecified atom stereocenters. The molecule has 7 nitrogen and oxygen atoms in total. The van der Waals surface area contributed by atoms with Crippen LogP contribution in [0.1, 0.15) is 30.3 Å². The molecule has 1 atom stereocenters. The van der Waals surface area contributed by atoms with Gasteiger partial charge in [0.15, 0.2) is 5.69 Å². The van der Waals surface area contributed by atoms with E-state index >= 15 is 0 Å². The van der Waals surface area contributed by atoms with E-state index < -0.39 is 0 Å². The Morgan fingerprint density at radius 1 is 1.61 bits per heavy atom. The van der Waals surface area contributed by atoms with Gasteiger partial charge in [0.2, 0.25) is 0 Å². The molecule has 1 aliphatic heterocycles. The average molecular weight is 253 g/mol. The number of ether oxygens (including phenoxy) is 1. The smallest absolute Gasteiger partial charge is 0.310 e. The lowest BCUT2D eigenvalue weighted by Crippen LogP contribution is -2.42. The predicted octanol–water partition coefficient (Wildman–Crippen LogP) is 0.485. The number of likely N-dealkylation sites (tertiary alicyclic amines) is 1. The second-order valence-electron chi connectivity index (χ2n) is 4.14. The fourth-order valence-electron chi connectivity index (χ4n) is 2.03. The van der Waals surface area contributed by atoms with Crippen LogP contribution in [-0.4, -0.2) is 46.8 Å². The lowest BCUT2D eigenvalue weighted by molar-refractivity contribution is -0.149. The first kappa shape index (κ1) is 12.5. The van der Waals surface area contributed by atoms with Gasteiger partial charge >= 0.3 is 5.97 Å². The van der Waals surface area contributed by atoms with Gasteiger partial charge in [0.1, 0.15) is 6.20 Å². The summed E-state index contributed by atoms with van der Waals surface area (Å²) < 4.78 is 9.38. The third-order valence-corrected chi connectivity index (χ3v) is 2.91. The van der Waals surface area contributed by atoms with E-state index in [1.165, 1.54) is 6.20 Å². The Balaban J connectivity index is 1.98. The first-order valence-electron chi connectivity index (χ1n) is 5.96. The minimum absolute atomic E-state index is 0.166. The maximum atomic E-state index is 12.0. The number of piperidine rings is 1. The molecule has 98 valence electrons. The van der Waals surface area contributed by atoms with Crippen LogP contribution in [-0.2, 0) is 9.53 Å². The van der Waals surface area contributed by atoms with Gasteiger partial charge in [-0.25, -0.2) is 4.63 Å². The molecule has 2 rings (SSSR count). The molecule has 1 aliphatic rings. The van der Waals surface area contributed by atoms with Gasteiger partial charge in [-0.2, -0.15) is 0 Å². The van der Waals surface area contributed by atoms with E-state index in [0.29, 0.717) is 19.7 Å². The standard InChI is InChI=1S/C11H15N3O4/c1-2-17-11(16)8-4-3-5-14(7-8)10(15)9-6-12-18-13-9/h6,8H,2-5,7H2,1H3. The summed E-state index contributed by atoms with van der Waals surface area (Å²) in [5.41, 5.74) is 0.166. The molecular formula is C11H15N3O4. The van der Waals surface area contributed by atoms with E-state index in [0.717, 1.165) is 12.8 Å². The van der Waals surface area contributed by atoms with Crippen molar-refractivity contribution in [2.24, 2.45) is 5.92 Å². The van der Waals surface area contributed by atoms with Crippen molar-refractivity contribution in [1.82, 2.24) is 15.2 Å². The molecule has 0 radical (unpaired) electrons. The quantitative estimate of drug-likeness (QED) is 0.728. The van der Waals surface area contributed by atoms with Crippen molar-refractivity contribution in [2.75, 3.05) is 19.7 Å². The van der Waals surface area contributed by atoms with Crippen LogP contribution in [0.3, 0.4) is 0 Å². The highest BCUT2D eigenvalue weighted by Crippen LogP contribution is 2.19. The number of rotatable bonds is 3. The van der Waals surface area contributed by atoms with Crippen molar-refractivity contribution >= 4 is 11.9 Å². The van der Waals surface area contributed by atoms with E-state index in [-0.39, 0.29) is 23.5 Å². The monoisotopic (exact) mass is 253 g/mol. The highest BCUT2D eigenvalue weighted by atomic mass is 16.6. The molecule has 0 aliphatic carbocycles. The summed E-state index contributed by atoms with van der Waals surface area (Å²) in [5.74, 6) is -0.749. The summed E-state index contributed by atoms with van der Waals surface area (Å²) in [6, 6.07) is 0. The van der Waals surface area contributed by atoms with Gasteiger partial charge in [0.05, 0.1) is 12.5 Å². The summed E-state index contributed by atoms with van der Waals surface area (Å²) in [6.45, 7) is 3.10. The van der Waals surface area contributed by atoms with Gasteiger partial charge in [-0.05, 0) is 24.9 Å². The summed E-state index contributed by atoms with van der Waals surface area (Å²) in [4.78, 5) is 25.2. The molecule has 1 aromatic rings. The van der Waals surface area contributed by atoms with Crippen LogP contribution in [0, 0.1) is 5.92 Å². The fourth-order valence-corrected chi connectivity index (χ4v) is 2.03. The van der Waals surface area contributed by atoms with Gasteiger partial charge in [-0.3, -0.25) is 9.59 Å². The van der Waals surface area contributed by atoms with Crippen molar-refractivity contribution in [1.29, 1.82) is 0 Å². The molecule has 7 heteroatoms. The van der Waals surface area contributed by atoms with Crippen LogP contribution in [0.4, 0.5) is 0 Å². The van der Waals surface area contributed by atoms with E-state index in [4.69, 9.17) is 4.74 Å². The van der Waals surface area contributed by atoms with Crippen LogP contribution in [0.15, 0.2) is 10.8 Å². The SMILES string of the molecule is CCOC(=O)C1CCCN(C(=O)c2cnon2)C1. The maximum absolute atomic E-state index is 12.0. The third-order valence-electron chi connectivity index (χ3n) is 2.91. The number of nitrogens with zero attached hydrogens (tertiary/aromatic N) is 3. The van der Waals surface area contributed by atoms with Gasteiger partial charge in [0, 0.05) is 13.1 Å². The van der Waals surface area contributed by atoms with Crippen molar-refractivity contribution in [3.8, 4) is 0 Å². The first-order valence-corrected chi connectivity index (χ1v) is 5.96. The largest absolute Gasteiger partial charge is 0.466 e. The maximum Gasteiger partial charge on any atom is 0.310 e. The highest BCUT2D eigenvalue weighted by Gasteiger charge is 2.30. The van der Waals surface area contributed by atoms with Crippen molar-refractivity contribution in [3.05, 3.63) is 11.9 Å². The Morgan fingerprint density at radius 3 is 3.11 bits per heavy atom. The number of hydrogen-bond donors (Lipinski definition) is 0. The zero-order valence-corrected chi connectivity index (χ0v) is 10.2. The average Bonchev–Trinajstić information content (AvgIpc) is 2.92. The second-order valence-corrected chi connectivity index (χ2v) is 4.14. The topological polar surface area (TPSA) is 85.5 Å². The Labute approximate surface area is 104 Å². The van der Waals surface area contributed by atoms with E-state index in [1.54, 1.807) is 11.8 Å². The Bertz CT molecular complexity index is 418. The molecule has 1 saturated heterocycles. The lowest BCUT2D eigenvalue weighted by Gasteiger charge is -2.30. The van der Waals surface area contributed by atoms with Crippen molar-refractivity contribution in [3.63, 3.8) is 0 Å². The Hall–Kier alpha value is -1.92. The molecule has 1 amide bonds. The minimum atomic E-state index is -0.259. The molecule has 1 fully saturated rings. The summed E-state index contributed by atoms with van der Waals surface area (Å²) in [5, 5.41) is 6.90. The highest BCUT2D eigenvalue weighted by molar-refractivity contribution is 5.92. The molecule has 0 saturated carbocycles. The van der Waals surface area contributed by atoms with Crippen molar-refractivity contribution in [2.45, 2.75) is 19.8 Å². The number of hydrogen-bond acceptors (Lipinski definition) is 6. The second kappa shape index (κ2) is 5.61. The minimum Gasteiger partial charge on any atom is -0.466 e. The van der Waals surface area contributed by atoms with Gasteiger partial charge in [-0.15, -0.1) is 0 Å². The molecule has 2 heterocycles. The lowest BCUT2D eigenvalue weighted by atomic mass is 9.98. The van der Waals surface area contributed by atoms with E-state index in [2.05, 4.69) is 14.9 Å². The number of esters is 1. The summed E-state index contributed by atoms with van der Waals surface area (Å²) in [7, 11) is 0.